The number of rotatable bonds is 3. The molecule has 0 aliphatic carbocycles. The van der Waals surface area contributed by atoms with Crippen molar-refractivity contribution in [3.63, 3.8) is 0 Å². The van der Waals surface area contributed by atoms with E-state index in [1.807, 2.05) is 0 Å². The minimum Gasteiger partial charge on any atom is -0.298 e. The summed E-state index contributed by atoms with van der Waals surface area (Å²) in [5.74, 6) is -0.108. The molecule has 0 saturated carbocycles. The van der Waals surface area contributed by atoms with Crippen LogP contribution in [0.15, 0.2) is 23.1 Å². The van der Waals surface area contributed by atoms with E-state index in [2.05, 4.69) is 28.6 Å². The van der Waals surface area contributed by atoms with Crippen LogP contribution >= 0.6 is 28.6 Å². The number of Topliss-reactive ketones (excluding diaryl/α,β-unsaturated/α-hetero) is 1. The zero-order valence-electron chi connectivity index (χ0n) is 7.53. The molecule has 0 heterocycles. The fourth-order valence-corrected chi connectivity index (χ4v) is 1.52. The van der Waals surface area contributed by atoms with Gasteiger partial charge in [-0.05, 0) is 25.1 Å². The number of aldehydes is 1. The number of hydrogen-bond donors (Lipinski definition) is 1. The first-order valence-electron chi connectivity index (χ1n) is 4.02. The lowest BCUT2D eigenvalue weighted by Gasteiger charge is -2.06. The number of thiol groups is 1. The first-order chi connectivity index (χ1) is 6.56. The second-order valence-electron chi connectivity index (χ2n) is 2.87. The Bertz CT molecular complexity index is 374. The Hall–Kier alpha value is -0.610. The summed E-state index contributed by atoms with van der Waals surface area (Å²) in [6, 6.07) is 4.88. The van der Waals surface area contributed by atoms with E-state index in [1.165, 1.54) is 0 Å². The van der Waals surface area contributed by atoms with Crippen LogP contribution < -0.4 is 0 Å². The third-order valence-electron chi connectivity index (χ3n) is 1.79. The Labute approximate surface area is 96.2 Å². The fraction of sp³-hybridized carbons (Fsp3) is 0.200. The lowest BCUT2D eigenvalue weighted by atomic mass is 10.0. The fourth-order valence-electron chi connectivity index (χ4n) is 1.07. The zero-order valence-corrected chi connectivity index (χ0v) is 10.0. The van der Waals surface area contributed by atoms with Crippen molar-refractivity contribution in [2.45, 2.75) is 16.6 Å². The van der Waals surface area contributed by atoms with Gasteiger partial charge in [0.05, 0.1) is 4.83 Å². The van der Waals surface area contributed by atoms with Crippen LogP contribution in [0, 0.1) is 0 Å². The van der Waals surface area contributed by atoms with E-state index in [4.69, 9.17) is 0 Å². The SMILES string of the molecule is CC(Br)C(=O)c1cc(S)ccc1C=O. The molecule has 74 valence electrons. The van der Waals surface area contributed by atoms with Crippen molar-refractivity contribution in [2.75, 3.05) is 0 Å². The first-order valence-corrected chi connectivity index (χ1v) is 5.39. The molecule has 2 nitrogen and oxygen atoms in total. The number of hydrogen-bond acceptors (Lipinski definition) is 3. The molecule has 1 atom stereocenters. The highest BCUT2D eigenvalue weighted by Crippen LogP contribution is 2.17. The molecule has 0 N–H and O–H groups in total. The molecule has 0 bridgehead atoms. The maximum Gasteiger partial charge on any atom is 0.176 e. The monoisotopic (exact) mass is 272 g/mol. The molecule has 1 unspecified atom stereocenters. The predicted octanol–water partition coefficient (Wildman–Crippen LogP) is 2.75. The van der Waals surface area contributed by atoms with Crippen LogP contribution in [0.2, 0.25) is 0 Å². The maximum atomic E-state index is 11.6. The normalized spacial score (nSPS) is 12.2. The summed E-state index contributed by atoms with van der Waals surface area (Å²) in [6.07, 6.45) is 0.676. The second kappa shape index (κ2) is 4.75. The lowest BCUT2D eigenvalue weighted by Crippen LogP contribution is -2.12. The van der Waals surface area contributed by atoms with Gasteiger partial charge in [-0.3, -0.25) is 9.59 Å². The molecule has 0 aliphatic heterocycles. The van der Waals surface area contributed by atoms with Gasteiger partial charge in [0.25, 0.3) is 0 Å². The molecule has 14 heavy (non-hydrogen) atoms. The number of benzene rings is 1. The van der Waals surface area contributed by atoms with Crippen LogP contribution in [-0.4, -0.2) is 16.9 Å². The van der Waals surface area contributed by atoms with Gasteiger partial charge in [0.2, 0.25) is 0 Å². The topological polar surface area (TPSA) is 34.1 Å². The number of carbonyl (C=O) groups excluding carboxylic acids is 2. The minimum absolute atomic E-state index is 0.108. The smallest absolute Gasteiger partial charge is 0.176 e. The quantitative estimate of drug-likeness (QED) is 0.397. The Balaban J connectivity index is 3.23. The molecule has 4 heteroatoms. The zero-order chi connectivity index (χ0) is 10.7. The molecule has 0 fully saturated rings. The molecule has 0 spiro atoms. The highest BCUT2D eigenvalue weighted by atomic mass is 79.9. The van der Waals surface area contributed by atoms with E-state index in [1.54, 1.807) is 25.1 Å². The molecule has 0 amide bonds. The van der Waals surface area contributed by atoms with Crippen molar-refractivity contribution >= 4 is 40.6 Å². The molecular weight excluding hydrogens is 264 g/mol. The van der Waals surface area contributed by atoms with Gasteiger partial charge in [-0.15, -0.1) is 12.6 Å². The summed E-state index contributed by atoms with van der Waals surface area (Å²) in [7, 11) is 0. The Morgan fingerprint density at radius 1 is 1.57 bits per heavy atom. The van der Waals surface area contributed by atoms with Gasteiger partial charge in [0.15, 0.2) is 12.1 Å². The molecule has 0 aliphatic rings. The lowest BCUT2D eigenvalue weighted by molar-refractivity contribution is 0.0988. The molecular formula is C10H9BrO2S. The minimum atomic E-state index is -0.295. The Morgan fingerprint density at radius 2 is 2.21 bits per heavy atom. The largest absolute Gasteiger partial charge is 0.298 e. The molecule has 0 aromatic heterocycles. The van der Waals surface area contributed by atoms with Crippen LogP contribution in [0.3, 0.4) is 0 Å². The van der Waals surface area contributed by atoms with Gasteiger partial charge in [-0.25, -0.2) is 0 Å². The highest BCUT2D eigenvalue weighted by molar-refractivity contribution is 9.10. The van der Waals surface area contributed by atoms with Gasteiger partial charge in [0, 0.05) is 16.0 Å². The summed E-state index contributed by atoms with van der Waals surface area (Å²) >= 11 is 7.29. The van der Waals surface area contributed by atoms with Crippen molar-refractivity contribution < 1.29 is 9.59 Å². The predicted molar refractivity (Wildman–Crippen MR) is 61.8 cm³/mol. The Morgan fingerprint density at radius 3 is 2.71 bits per heavy atom. The third-order valence-corrected chi connectivity index (χ3v) is 2.48. The molecule has 0 radical (unpaired) electrons. The van der Waals surface area contributed by atoms with E-state index in [0.717, 1.165) is 0 Å². The first kappa shape index (κ1) is 11.5. The van der Waals surface area contributed by atoms with Crippen molar-refractivity contribution in [3.05, 3.63) is 29.3 Å². The van der Waals surface area contributed by atoms with Crippen LogP contribution in [0.5, 0.6) is 0 Å². The summed E-state index contributed by atoms with van der Waals surface area (Å²) in [5.41, 5.74) is 0.816. The van der Waals surface area contributed by atoms with Gasteiger partial charge in [-0.2, -0.15) is 0 Å². The van der Waals surface area contributed by atoms with Crippen molar-refractivity contribution in [1.82, 2.24) is 0 Å². The third kappa shape index (κ3) is 2.45. The van der Waals surface area contributed by atoms with Crippen LogP contribution in [0.4, 0.5) is 0 Å². The van der Waals surface area contributed by atoms with Gasteiger partial charge in [0.1, 0.15) is 0 Å². The van der Waals surface area contributed by atoms with Crippen molar-refractivity contribution in [3.8, 4) is 0 Å². The van der Waals surface area contributed by atoms with Gasteiger partial charge < -0.3 is 0 Å². The summed E-state index contributed by atoms with van der Waals surface area (Å²) in [5, 5.41) is 0. The average Bonchev–Trinajstić information content (AvgIpc) is 2.16. The number of alkyl halides is 1. The average molecular weight is 273 g/mol. The van der Waals surface area contributed by atoms with Crippen LogP contribution in [0.1, 0.15) is 27.6 Å². The van der Waals surface area contributed by atoms with Crippen molar-refractivity contribution in [2.24, 2.45) is 0 Å². The molecule has 1 rings (SSSR count). The van der Waals surface area contributed by atoms with Crippen molar-refractivity contribution in [1.29, 1.82) is 0 Å². The molecule has 0 saturated heterocycles. The summed E-state index contributed by atoms with van der Waals surface area (Å²) < 4.78 is 0. The number of carbonyl (C=O) groups is 2. The standard InChI is InChI=1S/C10H9BrO2S/c1-6(11)10(13)9-4-8(14)3-2-7(9)5-12/h2-6,14H,1H3. The number of ketones is 1. The maximum absolute atomic E-state index is 11.6. The molecule has 1 aromatic carbocycles. The highest BCUT2D eigenvalue weighted by Gasteiger charge is 2.15. The van der Waals surface area contributed by atoms with E-state index >= 15 is 0 Å². The summed E-state index contributed by atoms with van der Waals surface area (Å²) in [4.78, 5) is 22.7. The van der Waals surface area contributed by atoms with E-state index < -0.39 is 0 Å². The Kier molecular flexibility index (Phi) is 3.89. The van der Waals surface area contributed by atoms with Gasteiger partial charge >= 0.3 is 0 Å². The van der Waals surface area contributed by atoms with Gasteiger partial charge in [-0.1, -0.05) is 15.9 Å². The summed E-state index contributed by atoms with van der Waals surface area (Å²) in [6.45, 7) is 1.72. The van der Waals surface area contributed by atoms with Crippen LogP contribution in [0.25, 0.3) is 0 Å². The van der Waals surface area contributed by atoms with Crippen LogP contribution in [-0.2, 0) is 0 Å². The van der Waals surface area contributed by atoms with E-state index in [0.29, 0.717) is 22.3 Å². The molecule has 1 aromatic rings. The second-order valence-corrected chi connectivity index (χ2v) is 4.76. The van der Waals surface area contributed by atoms with E-state index in [9.17, 15) is 9.59 Å². The van der Waals surface area contributed by atoms with E-state index in [-0.39, 0.29) is 10.6 Å². The number of halogens is 1.